The van der Waals surface area contributed by atoms with E-state index in [9.17, 15) is 4.79 Å². The number of hydrogen-bond donors (Lipinski definition) is 0. The van der Waals surface area contributed by atoms with Crippen LogP contribution in [0.2, 0.25) is 0 Å². The summed E-state index contributed by atoms with van der Waals surface area (Å²) >= 11 is 0. The fourth-order valence-corrected chi connectivity index (χ4v) is 2.74. The van der Waals surface area contributed by atoms with Crippen LogP contribution in [0.4, 0.5) is 0 Å². The first-order valence-corrected chi connectivity index (χ1v) is 9.09. The first-order chi connectivity index (χ1) is 10.5. The van der Waals surface area contributed by atoms with Crippen LogP contribution in [0.25, 0.3) is 0 Å². The average Bonchev–Trinajstić information content (AvgIpc) is 2.49. The predicted octanol–water partition coefficient (Wildman–Crippen LogP) is 4.96. The van der Waals surface area contributed by atoms with Crippen molar-refractivity contribution in [2.24, 2.45) is 0 Å². The van der Waals surface area contributed by atoms with Gasteiger partial charge in [0.1, 0.15) is 0 Å². The van der Waals surface area contributed by atoms with Gasteiger partial charge < -0.3 is 9.64 Å². The van der Waals surface area contributed by atoms with Crippen LogP contribution in [0.1, 0.15) is 79.1 Å². The summed E-state index contributed by atoms with van der Waals surface area (Å²) in [4.78, 5) is 13.7. The largest absolute Gasteiger partial charge is 0.462 e. The monoisotopic (exact) mass is 311 g/mol. The Balaban J connectivity index is 3.34. The fraction of sp³-hybridized carbons (Fsp3) is 0.842. The van der Waals surface area contributed by atoms with E-state index in [-0.39, 0.29) is 5.97 Å². The number of ether oxygens (including phenoxy) is 1. The Morgan fingerprint density at radius 3 is 2.00 bits per heavy atom. The summed E-state index contributed by atoms with van der Waals surface area (Å²) in [6.45, 7) is 14.9. The van der Waals surface area contributed by atoms with Crippen molar-refractivity contribution in [1.29, 1.82) is 0 Å². The van der Waals surface area contributed by atoms with Gasteiger partial charge in [-0.1, -0.05) is 59.0 Å². The van der Waals surface area contributed by atoms with Crippen molar-refractivity contribution in [1.82, 2.24) is 4.90 Å². The van der Waals surface area contributed by atoms with Crippen molar-refractivity contribution in [2.45, 2.75) is 85.1 Å². The minimum absolute atomic E-state index is 0.262. The maximum absolute atomic E-state index is 11.2. The number of unbranched alkanes of at least 4 members (excludes halogenated alkanes) is 6. The zero-order chi connectivity index (χ0) is 16.8. The number of nitrogens with zero attached hydrogens (tertiary/aromatic N) is 1. The lowest BCUT2D eigenvalue weighted by Gasteiger charge is -2.26. The molecule has 0 amide bonds. The van der Waals surface area contributed by atoms with Gasteiger partial charge in [-0.3, -0.25) is 0 Å². The summed E-state index contributed by atoms with van der Waals surface area (Å²) in [5, 5.41) is 0. The highest BCUT2D eigenvalue weighted by atomic mass is 16.5. The zero-order valence-electron chi connectivity index (χ0n) is 15.3. The second kappa shape index (κ2) is 13.8. The summed E-state index contributed by atoms with van der Waals surface area (Å²) in [5.74, 6) is -0.262. The van der Waals surface area contributed by atoms with Crippen LogP contribution in [-0.2, 0) is 9.53 Å². The zero-order valence-corrected chi connectivity index (χ0v) is 15.3. The molecule has 0 heterocycles. The molecule has 0 aromatic heterocycles. The van der Waals surface area contributed by atoms with E-state index in [1.807, 2.05) is 0 Å². The molecule has 22 heavy (non-hydrogen) atoms. The van der Waals surface area contributed by atoms with Crippen molar-refractivity contribution in [3.63, 3.8) is 0 Å². The summed E-state index contributed by atoms with van der Waals surface area (Å²) in [5.41, 5.74) is 0.485. The predicted molar refractivity (Wildman–Crippen MR) is 95.1 cm³/mol. The van der Waals surface area contributed by atoms with Crippen LogP contribution >= 0.6 is 0 Å². The molecule has 0 saturated carbocycles. The highest BCUT2D eigenvalue weighted by molar-refractivity contribution is 5.86. The van der Waals surface area contributed by atoms with E-state index >= 15 is 0 Å². The van der Waals surface area contributed by atoms with Gasteiger partial charge in [0.2, 0.25) is 0 Å². The van der Waals surface area contributed by atoms with Crippen molar-refractivity contribution in [2.75, 3.05) is 19.7 Å². The van der Waals surface area contributed by atoms with Crippen LogP contribution < -0.4 is 0 Å². The molecule has 1 unspecified atom stereocenters. The molecule has 0 aromatic rings. The first kappa shape index (κ1) is 21.2. The topological polar surface area (TPSA) is 29.5 Å². The van der Waals surface area contributed by atoms with Crippen LogP contribution in [0.5, 0.6) is 0 Å². The van der Waals surface area contributed by atoms with E-state index in [1.54, 1.807) is 6.92 Å². The number of carbonyl (C=O) groups is 1. The second-order valence-electron chi connectivity index (χ2n) is 6.25. The Morgan fingerprint density at radius 2 is 1.50 bits per heavy atom. The molecule has 0 aliphatic rings. The standard InChI is InChI=1S/C19H37NO2/c1-6-20(7-2)18(5)15-13-11-9-8-10-12-14-16-22-19(21)17(3)4/h18H,3,6-16H2,1-2,4-5H3. The maximum Gasteiger partial charge on any atom is 0.333 e. The summed E-state index contributed by atoms with van der Waals surface area (Å²) in [6.07, 6.45) is 10.0. The first-order valence-electron chi connectivity index (χ1n) is 9.09. The third kappa shape index (κ3) is 10.8. The van der Waals surface area contributed by atoms with Crippen molar-refractivity contribution in [3.8, 4) is 0 Å². The van der Waals surface area contributed by atoms with Crippen LogP contribution in [0.3, 0.4) is 0 Å². The van der Waals surface area contributed by atoms with Crippen molar-refractivity contribution in [3.05, 3.63) is 12.2 Å². The third-order valence-corrected chi connectivity index (χ3v) is 4.28. The molecule has 3 heteroatoms. The number of hydrogen-bond acceptors (Lipinski definition) is 3. The van der Waals surface area contributed by atoms with Gasteiger partial charge >= 0.3 is 5.97 Å². The van der Waals surface area contributed by atoms with E-state index in [1.165, 1.54) is 38.5 Å². The van der Waals surface area contributed by atoms with Gasteiger partial charge in [-0.25, -0.2) is 4.79 Å². The van der Waals surface area contributed by atoms with Crippen molar-refractivity contribution >= 4 is 5.97 Å². The van der Waals surface area contributed by atoms with Crippen LogP contribution in [-0.4, -0.2) is 36.6 Å². The molecule has 0 aliphatic heterocycles. The molecular weight excluding hydrogens is 274 g/mol. The molecule has 3 nitrogen and oxygen atoms in total. The molecule has 0 bridgehead atoms. The van der Waals surface area contributed by atoms with Gasteiger partial charge in [0.25, 0.3) is 0 Å². The maximum atomic E-state index is 11.2. The minimum Gasteiger partial charge on any atom is -0.462 e. The molecule has 0 rings (SSSR count). The lowest BCUT2D eigenvalue weighted by atomic mass is 10.0. The lowest BCUT2D eigenvalue weighted by molar-refractivity contribution is -0.139. The number of carbonyl (C=O) groups excluding carboxylic acids is 1. The van der Waals surface area contributed by atoms with Gasteiger partial charge in [0.15, 0.2) is 0 Å². The quantitative estimate of drug-likeness (QED) is 0.258. The summed E-state index contributed by atoms with van der Waals surface area (Å²) < 4.78 is 5.08. The Labute approximate surface area is 138 Å². The molecule has 130 valence electrons. The second-order valence-corrected chi connectivity index (χ2v) is 6.25. The minimum atomic E-state index is -0.262. The molecule has 0 spiro atoms. The van der Waals surface area contributed by atoms with Gasteiger partial charge in [-0.15, -0.1) is 0 Å². The molecule has 0 aromatic carbocycles. The van der Waals surface area contributed by atoms with Crippen LogP contribution in [0.15, 0.2) is 12.2 Å². The van der Waals surface area contributed by atoms with E-state index in [0.29, 0.717) is 12.2 Å². The Morgan fingerprint density at radius 1 is 1.00 bits per heavy atom. The Kier molecular flexibility index (Phi) is 13.3. The molecule has 0 radical (unpaired) electrons. The molecule has 1 atom stereocenters. The van der Waals surface area contributed by atoms with Gasteiger partial charge in [-0.05, 0) is 39.8 Å². The molecule has 0 fully saturated rings. The fourth-order valence-electron chi connectivity index (χ4n) is 2.74. The molecular formula is C19H37NO2. The van der Waals surface area contributed by atoms with E-state index in [0.717, 1.165) is 32.0 Å². The normalized spacial score (nSPS) is 12.4. The van der Waals surface area contributed by atoms with Crippen LogP contribution in [0, 0.1) is 0 Å². The Hall–Kier alpha value is -0.830. The lowest BCUT2D eigenvalue weighted by Crippen LogP contribution is -2.32. The van der Waals surface area contributed by atoms with Gasteiger partial charge in [0, 0.05) is 11.6 Å². The summed E-state index contributed by atoms with van der Waals surface area (Å²) in [7, 11) is 0. The number of rotatable bonds is 14. The van der Waals surface area contributed by atoms with E-state index in [4.69, 9.17) is 4.74 Å². The highest BCUT2D eigenvalue weighted by Crippen LogP contribution is 2.12. The molecule has 0 saturated heterocycles. The van der Waals surface area contributed by atoms with Crippen molar-refractivity contribution < 1.29 is 9.53 Å². The van der Waals surface area contributed by atoms with Gasteiger partial charge in [0.05, 0.1) is 6.61 Å². The summed E-state index contributed by atoms with van der Waals surface area (Å²) in [6, 6.07) is 0.720. The van der Waals surface area contributed by atoms with Gasteiger partial charge in [-0.2, -0.15) is 0 Å². The molecule has 0 aliphatic carbocycles. The highest BCUT2D eigenvalue weighted by Gasteiger charge is 2.08. The average molecular weight is 312 g/mol. The molecule has 0 N–H and O–H groups in total. The van der Waals surface area contributed by atoms with E-state index < -0.39 is 0 Å². The number of esters is 1. The van der Waals surface area contributed by atoms with E-state index in [2.05, 4.69) is 32.3 Å². The Bertz CT molecular complexity index is 298. The SMILES string of the molecule is C=C(C)C(=O)OCCCCCCCCCC(C)N(CC)CC. The third-order valence-electron chi connectivity index (χ3n) is 4.28. The smallest absolute Gasteiger partial charge is 0.333 e.